The summed E-state index contributed by atoms with van der Waals surface area (Å²) in [6, 6.07) is 0. The van der Waals surface area contributed by atoms with Crippen LogP contribution in [0.5, 0.6) is 0 Å². The van der Waals surface area contributed by atoms with Gasteiger partial charge in [0, 0.05) is 0 Å². The molecule has 0 radical (unpaired) electrons. The first-order valence-electron chi connectivity index (χ1n) is 9.83. The van der Waals surface area contributed by atoms with Crippen LogP contribution in [0.2, 0.25) is 0 Å². The smallest absolute Gasteiger partial charge is 0.00758 e. The van der Waals surface area contributed by atoms with E-state index in [1.54, 1.807) is 11.1 Å². The summed E-state index contributed by atoms with van der Waals surface area (Å²) in [4.78, 5) is 0. The van der Waals surface area contributed by atoms with Gasteiger partial charge in [0.05, 0.1) is 0 Å². The average Bonchev–Trinajstić information content (AvgIpc) is 3.14. The van der Waals surface area contributed by atoms with E-state index in [0.29, 0.717) is 10.8 Å². The molecule has 0 nitrogen and oxygen atoms in total. The van der Waals surface area contributed by atoms with E-state index in [9.17, 15) is 0 Å². The maximum absolute atomic E-state index is 2.57. The molecule has 23 heavy (non-hydrogen) atoms. The molecule has 1 atom stereocenters. The highest BCUT2D eigenvalue weighted by atomic mass is 14.5. The van der Waals surface area contributed by atoms with E-state index in [0.717, 1.165) is 6.42 Å². The van der Waals surface area contributed by atoms with Crippen molar-refractivity contribution in [3.8, 4) is 0 Å². The minimum Gasteiger partial charge on any atom is -0.0859 e. The summed E-state index contributed by atoms with van der Waals surface area (Å²) in [6.07, 6.45) is 17.6. The Morgan fingerprint density at radius 2 is 1.70 bits per heavy atom. The summed E-state index contributed by atoms with van der Waals surface area (Å²) in [7, 11) is 0. The van der Waals surface area contributed by atoms with Crippen molar-refractivity contribution < 1.29 is 0 Å². The lowest BCUT2D eigenvalue weighted by molar-refractivity contribution is 0.302. The van der Waals surface area contributed by atoms with Crippen LogP contribution in [0.3, 0.4) is 0 Å². The maximum Gasteiger partial charge on any atom is -0.00758 e. The fourth-order valence-corrected chi connectivity index (χ4v) is 4.03. The van der Waals surface area contributed by atoms with Gasteiger partial charge in [0.15, 0.2) is 0 Å². The molecule has 1 rings (SSSR count). The van der Waals surface area contributed by atoms with Crippen molar-refractivity contribution in [1.29, 1.82) is 0 Å². The van der Waals surface area contributed by atoms with Gasteiger partial charge < -0.3 is 0 Å². The first kappa shape index (κ1) is 20.3. The highest BCUT2D eigenvalue weighted by molar-refractivity contribution is 5.31. The summed E-state index contributed by atoms with van der Waals surface area (Å²) in [6.45, 7) is 16.2. The molecular formula is C23H40. The zero-order valence-corrected chi connectivity index (χ0v) is 16.9. The molecule has 0 aromatic rings. The van der Waals surface area contributed by atoms with Crippen molar-refractivity contribution in [3.63, 3.8) is 0 Å². The SMILES string of the molecule is CCC=C(C)C(CC)(CC)CCC=C1CC1(C)CCC=C(C)C. The van der Waals surface area contributed by atoms with Crippen LogP contribution in [0.4, 0.5) is 0 Å². The molecular weight excluding hydrogens is 276 g/mol. The Morgan fingerprint density at radius 3 is 2.22 bits per heavy atom. The zero-order chi connectivity index (χ0) is 17.5. The lowest BCUT2D eigenvalue weighted by atomic mass is 9.72. The molecule has 1 aliphatic carbocycles. The van der Waals surface area contributed by atoms with E-state index < -0.39 is 0 Å². The summed E-state index contributed by atoms with van der Waals surface area (Å²) in [5.41, 5.74) is 5.74. The van der Waals surface area contributed by atoms with Crippen molar-refractivity contribution >= 4 is 0 Å². The molecule has 0 spiro atoms. The highest BCUT2D eigenvalue weighted by Crippen LogP contribution is 2.55. The number of allylic oxidation sites excluding steroid dienone is 6. The monoisotopic (exact) mass is 316 g/mol. The number of hydrogen-bond acceptors (Lipinski definition) is 0. The van der Waals surface area contributed by atoms with Gasteiger partial charge >= 0.3 is 0 Å². The molecule has 0 aromatic heterocycles. The fourth-order valence-electron chi connectivity index (χ4n) is 4.03. The number of hydrogen-bond donors (Lipinski definition) is 0. The van der Waals surface area contributed by atoms with Gasteiger partial charge in [-0.1, -0.05) is 62.6 Å². The molecule has 132 valence electrons. The van der Waals surface area contributed by atoms with E-state index in [-0.39, 0.29) is 0 Å². The maximum atomic E-state index is 2.57. The molecule has 0 saturated heterocycles. The molecule has 0 bridgehead atoms. The summed E-state index contributed by atoms with van der Waals surface area (Å²) < 4.78 is 0. The minimum atomic E-state index is 0.431. The third kappa shape index (κ3) is 5.66. The van der Waals surface area contributed by atoms with Crippen molar-refractivity contribution in [2.24, 2.45) is 10.8 Å². The lowest BCUT2D eigenvalue weighted by Crippen LogP contribution is -2.20. The Morgan fingerprint density at radius 1 is 1.04 bits per heavy atom. The summed E-state index contributed by atoms with van der Waals surface area (Å²) in [5.74, 6) is 0. The highest BCUT2D eigenvalue weighted by Gasteiger charge is 2.42. The molecule has 0 aliphatic heterocycles. The molecule has 0 heteroatoms. The van der Waals surface area contributed by atoms with E-state index in [1.807, 2.05) is 0 Å². The van der Waals surface area contributed by atoms with Gasteiger partial charge in [-0.3, -0.25) is 0 Å². The van der Waals surface area contributed by atoms with Crippen LogP contribution in [-0.4, -0.2) is 0 Å². The predicted molar refractivity (Wildman–Crippen MR) is 106 cm³/mol. The van der Waals surface area contributed by atoms with E-state index >= 15 is 0 Å². The molecule has 1 aliphatic rings. The molecule has 1 saturated carbocycles. The van der Waals surface area contributed by atoms with Gasteiger partial charge in [-0.25, -0.2) is 0 Å². The van der Waals surface area contributed by atoms with Crippen molar-refractivity contribution in [1.82, 2.24) is 0 Å². The van der Waals surface area contributed by atoms with Crippen molar-refractivity contribution in [2.45, 2.75) is 99.8 Å². The Kier molecular flexibility index (Phi) is 7.84. The second-order valence-electron chi connectivity index (χ2n) is 8.11. The fraction of sp³-hybridized carbons (Fsp3) is 0.739. The van der Waals surface area contributed by atoms with Crippen LogP contribution in [0.1, 0.15) is 99.8 Å². The van der Waals surface area contributed by atoms with Gasteiger partial charge in [-0.15, -0.1) is 0 Å². The summed E-state index contributed by atoms with van der Waals surface area (Å²) in [5, 5.41) is 0. The van der Waals surface area contributed by atoms with Crippen LogP contribution in [0.15, 0.2) is 34.9 Å². The van der Waals surface area contributed by atoms with Crippen LogP contribution in [0, 0.1) is 10.8 Å². The minimum absolute atomic E-state index is 0.431. The molecule has 0 heterocycles. The Bertz CT molecular complexity index is 452. The third-order valence-corrected chi connectivity index (χ3v) is 6.19. The Hall–Kier alpha value is -0.780. The zero-order valence-electron chi connectivity index (χ0n) is 16.9. The molecule has 1 unspecified atom stereocenters. The first-order valence-corrected chi connectivity index (χ1v) is 9.83. The predicted octanol–water partition coefficient (Wildman–Crippen LogP) is 8.01. The Labute approximate surface area is 146 Å². The Balaban J connectivity index is 2.58. The molecule has 0 N–H and O–H groups in total. The van der Waals surface area contributed by atoms with Crippen molar-refractivity contribution in [2.75, 3.05) is 0 Å². The third-order valence-electron chi connectivity index (χ3n) is 6.19. The standard InChI is InChI=1S/C23H40/c1-8-13-20(6)23(9-2,10-3)17-12-15-21-18-22(21,7)16-11-14-19(4)5/h13-15H,8-12,16-18H2,1-7H3. The second-order valence-corrected chi connectivity index (χ2v) is 8.11. The van der Waals surface area contributed by atoms with E-state index in [4.69, 9.17) is 0 Å². The van der Waals surface area contributed by atoms with E-state index in [2.05, 4.69) is 66.7 Å². The average molecular weight is 317 g/mol. The number of rotatable bonds is 10. The molecule has 0 aromatic carbocycles. The van der Waals surface area contributed by atoms with Gasteiger partial charge in [0.2, 0.25) is 0 Å². The van der Waals surface area contributed by atoms with Crippen molar-refractivity contribution in [3.05, 3.63) is 34.9 Å². The molecule has 0 amide bonds. The first-order chi connectivity index (χ1) is 10.8. The van der Waals surface area contributed by atoms with Gasteiger partial charge in [0.25, 0.3) is 0 Å². The van der Waals surface area contributed by atoms with Gasteiger partial charge in [-0.05, 0) is 83.0 Å². The van der Waals surface area contributed by atoms with E-state index in [1.165, 1.54) is 50.5 Å². The second kappa shape index (κ2) is 8.90. The lowest BCUT2D eigenvalue weighted by Gasteiger charge is -2.33. The topological polar surface area (TPSA) is 0 Å². The van der Waals surface area contributed by atoms with Crippen LogP contribution in [-0.2, 0) is 0 Å². The molecule has 1 fully saturated rings. The van der Waals surface area contributed by atoms with Crippen LogP contribution < -0.4 is 0 Å². The van der Waals surface area contributed by atoms with Crippen LogP contribution >= 0.6 is 0 Å². The quantitative estimate of drug-likeness (QED) is 0.358. The van der Waals surface area contributed by atoms with Gasteiger partial charge in [-0.2, -0.15) is 0 Å². The van der Waals surface area contributed by atoms with Crippen LogP contribution in [0.25, 0.3) is 0 Å². The van der Waals surface area contributed by atoms with Gasteiger partial charge in [0.1, 0.15) is 0 Å². The summed E-state index contributed by atoms with van der Waals surface area (Å²) >= 11 is 0. The normalized spacial score (nSPS) is 23.3. The largest absolute Gasteiger partial charge is 0.0859 e.